The number of carbonyl (C=O) groups is 2. The number of carbonyl (C=O) groups excluding carboxylic acids is 2. The van der Waals surface area contributed by atoms with E-state index in [-0.39, 0.29) is 53.4 Å². The largest absolute Gasteiger partial charge is 0.352 e. The summed E-state index contributed by atoms with van der Waals surface area (Å²) in [5, 5.41) is 4.75. The SMILES string of the molecule is NCCNC(=O)C1N(C(=O)Cc2cccs2)CCCN1S(=O)(=O)c1ccc(Cl)c(Cl)c1. The van der Waals surface area contributed by atoms with Crippen LogP contribution in [0.25, 0.3) is 0 Å². The normalized spacial score (nSPS) is 17.5. The highest BCUT2D eigenvalue weighted by Gasteiger charge is 2.44. The van der Waals surface area contributed by atoms with Crippen LogP contribution < -0.4 is 11.1 Å². The summed E-state index contributed by atoms with van der Waals surface area (Å²) in [5.74, 6) is -0.933. The van der Waals surface area contributed by atoms with Crippen LogP contribution in [0.5, 0.6) is 0 Å². The van der Waals surface area contributed by atoms with Crippen LogP contribution in [-0.4, -0.2) is 61.8 Å². The number of nitrogens with one attached hydrogen (secondary N) is 1. The molecule has 1 unspecified atom stereocenters. The summed E-state index contributed by atoms with van der Waals surface area (Å²) in [6.45, 7) is 0.675. The minimum Gasteiger partial charge on any atom is -0.352 e. The Morgan fingerprint density at radius 3 is 2.61 bits per heavy atom. The fourth-order valence-electron chi connectivity index (χ4n) is 3.31. The summed E-state index contributed by atoms with van der Waals surface area (Å²) in [7, 11) is -4.14. The van der Waals surface area contributed by atoms with Crippen LogP contribution in [0.15, 0.2) is 40.6 Å². The molecule has 1 aromatic heterocycles. The van der Waals surface area contributed by atoms with Crippen molar-refractivity contribution in [1.82, 2.24) is 14.5 Å². The molecule has 12 heteroatoms. The van der Waals surface area contributed by atoms with Gasteiger partial charge in [-0.25, -0.2) is 8.42 Å². The number of hydrogen-bond donors (Lipinski definition) is 2. The average Bonchev–Trinajstić information content (AvgIpc) is 3.26. The number of nitrogens with two attached hydrogens (primary N) is 1. The van der Waals surface area contributed by atoms with Gasteiger partial charge in [-0.15, -0.1) is 11.3 Å². The molecule has 3 N–H and O–H groups in total. The van der Waals surface area contributed by atoms with E-state index >= 15 is 0 Å². The first-order chi connectivity index (χ1) is 14.8. The van der Waals surface area contributed by atoms with Crippen LogP contribution in [0.4, 0.5) is 0 Å². The first kappa shape index (κ1) is 24.0. The predicted molar refractivity (Wildman–Crippen MR) is 121 cm³/mol. The third kappa shape index (κ3) is 5.39. The second kappa shape index (κ2) is 10.3. The molecule has 0 spiro atoms. The molecule has 1 saturated heterocycles. The number of hydrogen-bond acceptors (Lipinski definition) is 6. The lowest BCUT2D eigenvalue weighted by Gasteiger charge is -2.41. The second-order valence-corrected chi connectivity index (χ2v) is 10.6. The number of nitrogens with zero attached hydrogens (tertiary/aromatic N) is 2. The van der Waals surface area contributed by atoms with Crippen molar-refractivity contribution >= 4 is 56.4 Å². The van der Waals surface area contributed by atoms with Crippen LogP contribution in [-0.2, 0) is 26.0 Å². The summed E-state index contributed by atoms with van der Waals surface area (Å²) in [5.41, 5.74) is 5.48. The monoisotopic (exact) mass is 504 g/mol. The van der Waals surface area contributed by atoms with E-state index in [1.165, 1.54) is 34.4 Å². The van der Waals surface area contributed by atoms with Crippen LogP contribution in [0.2, 0.25) is 10.0 Å². The fraction of sp³-hybridized carbons (Fsp3) is 0.368. The van der Waals surface area contributed by atoms with E-state index in [1.54, 1.807) is 0 Å². The molecule has 1 aromatic carbocycles. The maximum Gasteiger partial charge on any atom is 0.259 e. The average molecular weight is 505 g/mol. The Kier molecular flexibility index (Phi) is 7.95. The van der Waals surface area contributed by atoms with Gasteiger partial charge in [-0.1, -0.05) is 29.3 Å². The molecular weight excluding hydrogens is 483 g/mol. The van der Waals surface area contributed by atoms with E-state index in [9.17, 15) is 18.0 Å². The number of benzene rings is 1. The molecule has 31 heavy (non-hydrogen) atoms. The van der Waals surface area contributed by atoms with Crippen molar-refractivity contribution in [2.45, 2.75) is 23.9 Å². The molecule has 2 aromatic rings. The first-order valence-electron chi connectivity index (χ1n) is 9.52. The van der Waals surface area contributed by atoms with E-state index in [0.29, 0.717) is 6.42 Å². The Bertz CT molecular complexity index is 1050. The molecule has 1 aliphatic rings. The number of sulfonamides is 1. The van der Waals surface area contributed by atoms with Crippen LogP contribution in [0, 0.1) is 0 Å². The Balaban J connectivity index is 1.96. The molecule has 0 radical (unpaired) electrons. The third-order valence-corrected chi connectivity index (χ3v) is 8.21. The summed E-state index contributed by atoms with van der Waals surface area (Å²) < 4.78 is 27.9. The van der Waals surface area contributed by atoms with E-state index in [2.05, 4.69) is 5.32 Å². The lowest BCUT2D eigenvalue weighted by Crippen LogP contribution is -2.63. The summed E-state index contributed by atoms with van der Waals surface area (Å²) in [6.07, 6.45) is -0.858. The highest BCUT2D eigenvalue weighted by Crippen LogP contribution is 2.29. The Hall–Kier alpha value is -1.69. The molecule has 1 aliphatic heterocycles. The van der Waals surface area contributed by atoms with Gasteiger partial charge in [0.2, 0.25) is 15.9 Å². The zero-order chi connectivity index (χ0) is 22.6. The maximum absolute atomic E-state index is 13.4. The van der Waals surface area contributed by atoms with Gasteiger partial charge in [-0.2, -0.15) is 4.31 Å². The number of thiophene rings is 1. The van der Waals surface area contributed by atoms with Crippen molar-refractivity contribution in [3.63, 3.8) is 0 Å². The quantitative estimate of drug-likeness (QED) is 0.597. The minimum atomic E-state index is -4.14. The Morgan fingerprint density at radius 2 is 1.97 bits per heavy atom. The van der Waals surface area contributed by atoms with Crippen LogP contribution >= 0.6 is 34.5 Å². The van der Waals surface area contributed by atoms with Crippen molar-refractivity contribution < 1.29 is 18.0 Å². The molecule has 168 valence electrons. The summed E-state index contributed by atoms with van der Waals surface area (Å²) in [4.78, 5) is 28.0. The number of rotatable bonds is 7. The van der Waals surface area contributed by atoms with Crippen LogP contribution in [0.3, 0.4) is 0 Å². The molecular formula is C19H22Cl2N4O4S2. The molecule has 2 heterocycles. The maximum atomic E-state index is 13.4. The predicted octanol–water partition coefficient (Wildman–Crippen LogP) is 1.92. The van der Waals surface area contributed by atoms with Gasteiger partial charge >= 0.3 is 0 Å². The smallest absolute Gasteiger partial charge is 0.259 e. The molecule has 0 saturated carbocycles. The van der Waals surface area contributed by atoms with E-state index in [1.807, 2.05) is 17.5 Å². The van der Waals surface area contributed by atoms with Gasteiger partial charge in [0.05, 0.1) is 21.4 Å². The van der Waals surface area contributed by atoms with E-state index in [4.69, 9.17) is 28.9 Å². The zero-order valence-electron chi connectivity index (χ0n) is 16.5. The first-order valence-corrected chi connectivity index (χ1v) is 12.6. The Morgan fingerprint density at radius 1 is 1.19 bits per heavy atom. The van der Waals surface area contributed by atoms with E-state index in [0.717, 1.165) is 9.18 Å². The number of halogens is 2. The Labute approximate surface area is 195 Å². The van der Waals surface area contributed by atoms with Crippen molar-refractivity contribution in [3.8, 4) is 0 Å². The molecule has 1 atom stereocenters. The lowest BCUT2D eigenvalue weighted by molar-refractivity contribution is -0.146. The van der Waals surface area contributed by atoms with Gasteiger partial charge in [0, 0.05) is 31.1 Å². The highest BCUT2D eigenvalue weighted by atomic mass is 35.5. The van der Waals surface area contributed by atoms with Gasteiger partial charge < -0.3 is 16.0 Å². The van der Waals surface area contributed by atoms with Gasteiger partial charge in [-0.3, -0.25) is 9.59 Å². The van der Waals surface area contributed by atoms with Crippen molar-refractivity contribution in [1.29, 1.82) is 0 Å². The molecule has 3 rings (SSSR count). The molecule has 0 bridgehead atoms. The third-order valence-electron chi connectivity index (χ3n) is 4.75. The standard InChI is InChI=1S/C19H22Cl2N4O4S2/c20-15-5-4-14(12-16(15)21)31(28,29)25-9-2-8-24(19(25)18(27)23-7-6-22)17(26)11-13-3-1-10-30-13/h1,3-5,10,12,19H,2,6-9,11,22H2,(H,23,27). The van der Waals surface area contributed by atoms with Crippen molar-refractivity contribution in [2.24, 2.45) is 5.73 Å². The van der Waals surface area contributed by atoms with Gasteiger partial charge in [0.15, 0.2) is 6.17 Å². The molecule has 1 fully saturated rings. The molecule has 8 nitrogen and oxygen atoms in total. The van der Waals surface area contributed by atoms with Gasteiger partial charge in [0.25, 0.3) is 5.91 Å². The topological polar surface area (TPSA) is 113 Å². The van der Waals surface area contributed by atoms with Crippen molar-refractivity contribution in [3.05, 3.63) is 50.6 Å². The number of amides is 2. The molecule has 2 amide bonds. The van der Waals surface area contributed by atoms with Crippen molar-refractivity contribution in [2.75, 3.05) is 26.2 Å². The lowest BCUT2D eigenvalue weighted by atomic mass is 10.2. The zero-order valence-corrected chi connectivity index (χ0v) is 19.6. The highest BCUT2D eigenvalue weighted by molar-refractivity contribution is 7.89. The fourth-order valence-corrected chi connectivity index (χ4v) is 5.98. The molecule has 0 aliphatic carbocycles. The van der Waals surface area contributed by atoms with E-state index < -0.39 is 22.1 Å². The summed E-state index contributed by atoms with van der Waals surface area (Å²) >= 11 is 13.4. The van der Waals surface area contributed by atoms with Gasteiger partial charge in [-0.05, 0) is 36.1 Å². The minimum absolute atomic E-state index is 0.0755. The second-order valence-electron chi connectivity index (χ2n) is 6.84. The van der Waals surface area contributed by atoms with Crippen LogP contribution in [0.1, 0.15) is 11.3 Å². The summed E-state index contributed by atoms with van der Waals surface area (Å²) in [6, 6.07) is 7.59. The van der Waals surface area contributed by atoms with Gasteiger partial charge in [0.1, 0.15) is 0 Å².